The van der Waals surface area contributed by atoms with Crippen LogP contribution >= 0.6 is 11.6 Å². The zero-order valence-corrected chi connectivity index (χ0v) is 23.6. The third-order valence-corrected chi connectivity index (χ3v) is 8.51. The topological polar surface area (TPSA) is 132 Å². The summed E-state index contributed by atoms with van der Waals surface area (Å²) in [6, 6.07) is 10.1. The largest absolute Gasteiger partial charge is 0.420 e. The van der Waals surface area contributed by atoms with Gasteiger partial charge in [-0.15, -0.1) is 10.2 Å². The van der Waals surface area contributed by atoms with Crippen LogP contribution in [0.3, 0.4) is 0 Å². The number of amides is 1. The molecular weight excluding hydrogens is 557 g/mol. The van der Waals surface area contributed by atoms with Crippen LogP contribution in [0.15, 0.2) is 64.2 Å². The number of anilines is 1. The molecule has 5 rings (SSSR count). The van der Waals surface area contributed by atoms with Crippen molar-refractivity contribution in [2.75, 3.05) is 10.7 Å². The van der Waals surface area contributed by atoms with Gasteiger partial charge >= 0.3 is 0 Å². The number of hydrogen-bond donors (Lipinski definition) is 1. The van der Waals surface area contributed by atoms with Gasteiger partial charge < -0.3 is 15.1 Å². The third kappa shape index (κ3) is 5.63. The second kappa shape index (κ2) is 10.4. The molecule has 2 N–H and O–H groups in total. The van der Waals surface area contributed by atoms with Gasteiger partial charge in [-0.3, -0.25) is 9.78 Å². The van der Waals surface area contributed by atoms with Gasteiger partial charge in [0.15, 0.2) is 9.84 Å². The van der Waals surface area contributed by atoms with Gasteiger partial charge in [-0.05, 0) is 47.4 Å². The number of sulfone groups is 1. The normalized spacial score (nSPS) is 17.0. The quantitative estimate of drug-likeness (QED) is 0.364. The molecule has 0 aliphatic carbocycles. The molecule has 4 aromatic rings. The molecule has 12 heteroatoms. The number of aromatic nitrogens is 3. The van der Waals surface area contributed by atoms with Crippen LogP contribution in [-0.4, -0.2) is 41.3 Å². The Morgan fingerprint density at radius 3 is 2.45 bits per heavy atom. The number of nitrogens with zero attached hydrogens (tertiary/aromatic N) is 4. The zero-order valence-electron chi connectivity index (χ0n) is 22.1. The Labute approximate surface area is 236 Å². The molecule has 1 aliphatic heterocycles. The summed E-state index contributed by atoms with van der Waals surface area (Å²) in [5, 5.41) is 8.61. The van der Waals surface area contributed by atoms with E-state index in [1.54, 1.807) is 24.5 Å². The minimum absolute atomic E-state index is 0.0204. The van der Waals surface area contributed by atoms with Gasteiger partial charge in [-0.25, -0.2) is 12.8 Å². The lowest BCUT2D eigenvalue weighted by atomic mass is 9.97. The summed E-state index contributed by atoms with van der Waals surface area (Å²) in [6.45, 7) is 5.54. The number of benzene rings is 2. The fourth-order valence-electron chi connectivity index (χ4n) is 4.43. The number of nitrogens with two attached hydrogens (primary N) is 1. The Morgan fingerprint density at radius 1 is 1.07 bits per heavy atom. The van der Waals surface area contributed by atoms with Crippen molar-refractivity contribution in [1.82, 2.24) is 15.2 Å². The maximum Gasteiger partial charge on any atom is 0.250 e. The average Bonchev–Trinajstić information content (AvgIpc) is 3.37. The maximum absolute atomic E-state index is 15.3. The highest BCUT2D eigenvalue weighted by molar-refractivity contribution is 7.91. The number of pyridine rings is 1. The molecule has 3 heterocycles. The van der Waals surface area contributed by atoms with Gasteiger partial charge in [0.05, 0.1) is 34.5 Å². The summed E-state index contributed by atoms with van der Waals surface area (Å²) in [4.78, 5) is 18.7. The van der Waals surface area contributed by atoms with Gasteiger partial charge in [0.2, 0.25) is 11.8 Å². The summed E-state index contributed by atoms with van der Waals surface area (Å²) in [5.41, 5.74) is 7.92. The molecule has 0 fully saturated rings. The zero-order chi connectivity index (χ0) is 28.8. The Kier molecular flexibility index (Phi) is 7.24. The van der Waals surface area contributed by atoms with Crippen LogP contribution in [0.1, 0.15) is 43.4 Å². The molecular formula is C28H27ClFN5O4S. The monoisotopic (exact) mass is 583 g/mol. The van der Waals surface area contributed by atoms with E-state index < -0.39 is 38.8 Å². The van der Waals surface area contributed by atoms with Gasteiger partial charge in [0.25, 0.3) is 5.89 Å². The van der Waals surface area contributed by atoms with Gasteiger partial charge in [0.1, 0.15) is 5.82 Å². The van der Waals surface area contributed by atoms with Crippen LogP contribution in [0.2, 0.25) is 5.02 Å². The predicted octanol–water partition coefficient (Wildman–Crippen LogP) is 4.46. The Morgan fingerprint density at radius 2 is 1.77 bits per heavy atom. The molecule has 2 aromatic carbocycles. The van der Waals surface area contributed by atoms with Crippen molar-refractivity contribution in [3.05, 3.63) is 88.3 Å². The molecule has 0 spiro atoms. The number of carbonyl (C=O) groups excluding carboxylic acids is 1. The van der Waals surface area contributed by atoms with Crippen molar-refractivity contribution in [2.24, 2.45) is 5.73 Å². The molecule has 1 atom stereocenters. The third-order valence-electron chi connectivity index (χ3n) is 6.47. The smallest absolute Gasteiger partial charge is 0.250 e. The van der Waals surface area contributed by atoms with E-state index in [1.807, 2.05) is 39.0 Å². The van der Waals surface area contributed by atoms with Crippen molar-refractivity contribution in [1.29, 1.82) is 0 Å². The number of halogens is 2. The first-order valence-electron chi connectivity index (χ1n) is 12.5. The fourth-order valence-corrected chi connectivity index (χ4v) is 6.12. The highest BCUT2D eigenvalue weighted by Crippen LogP contribution is 2.37. The molecule has 0 saturated heterocycles. The fraction of sp³-hybridized carbons (Fsp3) is 0.286. The van der Waals surface area contributed by atoms with E-state index in [0.29, 0.717) is 17.0 Å². The van der Waals surface area contributed by atoms with Gasteiger partial charge in [-0.1, -0.05) is 50.6 Å². The van der Waals surface area contributed by atoms with Crippen molar-refractivity contribution in [3.8, 4) is 11.5 Å². The molecule has 40 heavy (non-hydrogen) atoms. The Hall–Kier alpha value is -3.67. The molecule has 0 radical (unpaired) electrons. The van der Waals surface area contributed by atoms with Crippen molar-refractivity contribution in [2.45, 2.75) is 50.1 Å². The minimum atomic E-state index is -4.10. The van der Waals surface area contributed by atoms with Crippen molar-refractivity contribution in [3.63, 3.8) is 0 Å². The first-order chi connectivity index (χ1) is 18.8. The van der Waals surface area contributed by atoms with Gasteiger partial charge in [0, 0.05) is 22.8 Å². The van der Waals surface area contributed by atoms with Crippen molar-refractivity contribution < 1.29 is 22.0 Å². The lowest BCUT2D eigenvalue weighted by Crippen LogP contribution is -2.45. The lowest BCUT2D eigenvalue weighted by molar-refractivity contribution is -0.119. The van der Waals surface area contributed by atoms with Crippen LogP contribution in [0.4, 0.5) is 10.1 Å². The predicted molar refractivity (Wildman–Crippen MR) is 148 cm³/mol. The van der Waals surface area contributed by atoms with Crippen LogP contribution < -0.4 is 10.6 Å². The standard InChI is InChI=1S/C28H27ClFN5O4S/c1-28(2,3)27-34-33-25(39-27)20-10-23-24(11-21(20)30)40(37,38)15-22(31)26(36)35(23)14-18-9-17(12-32-13-18)8-16-4-6-19(29)7-5-16/h4-7,9-13,22H,8,14-15,31H2,1-3H3/t22-/m0/s1. The molecule has 0 saturated carbocycles. The average molecular weight is 584 g/mol. The van der Waals surface area contributed by atoms with Crippen LogP contribution in [-0.2, 0) is 33.0 Å². The summed E-state index contributed by atoms with van der Waals surface area (Å²) >= 11 is 5.99. The SMILES string of the molecule is CC(C)(C)c1nnc(-c2cc3c(cc2F)S(=O)(=O)C[C@H](N)C(=O)N3Cc2cncc(Cc3ccc(Cl)cc3)c2)o1. The second-order valence-electron chi connectivity index (χ2n) is 10.8. The van der Waals surface area contributed by atoms with Crippen LogP contribution in [0.5, 0.6) is 0 Å². The molecule has 1 amide bonds. The molecule has 0 bridgehead atoms. The second-order valence-corrected chi connectivity index (χ2v) is 13.2. The Bertz CT molecular complexity index is 1700. The van der Waals surface area contributed by atoms with E-state index in [1.165, 1.54) is 11.0 Å². The van der Waals surface area contributed by atoms with Gasteiger partial charge in [-0.2, -0.15) is 0 Å². The molecule has 9 nitrogen and oxygen atoms in total. The lowest BCUT2D eigenvalue weighted by Gasteiger charge is -2.24. The van der Waals surface area contributed by atoms with E-state index in [-0.39, 0.29) is 34.5 Å². The number of carbonyl (C=O) groups is 1. The van der Waals surface area contributed by atoms with Crippen LogP contribution in [0.25, 0.3) is 11.5 Å². The van der Waals surface area contributed by atoms with E-state index in [9.17, 15) is 13.2 Å². The Balaban J connectivity index is 1.57. The highest BCUT2D eigenvalue weighted by atomic mass is 35.5. The van der Waals surface area contributed by atoms with E-state index in [4.69, 9.17) is 21.8 Å². The number of hydrogen-bond acceptors (Lipinski definition) is 8. The number of rotatable bonds is 5. The summed E-state index contributed by atoms with van der Waals surface area (Å²) in [7, 11) is -4.10. The van der Waals surface area contributed by atoms with Crippen molar-refractivity contribution >= 4 is 33.0 Å². The summed E-state index contributed by atoms with van der Waals surface area (Å²) < 4.78 is 47.4. The highest BCUT2D eigenvalue weighted by Gasteiger charge is 2.37. The summed E-state index contributed by atoms with van der Waals surface area (Å²) in [6.07, 6.45) is 3.86. The maximum atomic E-state index is 15.3. The van der Waals surface area contributed by atoms with E-state index >= 15 is 4.39 Å². The first kappa shape index (κ1) is 27.9. The molecule has 0 unspecified atom stereocenters. The van der Waals surface area contributed by atoms with E-state index in [0.717, 1.165) is 17.2 Å². The summed E-state index contributed by atoms with van der Waals surface area (Å²) in [5.74, 6) is -2.00. The van der Waals surface area contributed by atoms with E-state index in [2.05, 4.69) is 15.2 Å². The van der Waals surface area contributed by atoms with Crippen LogP contribution in [0, 0.1) is 5.82 Å². The molecule has 1 aliphatic rings. The number of fused-ring (bicyclic) bond motifs is 1. The molecule has 2 aromatic heterocycles. The minimum Gasteiger partial charge on any atom is -0.420 e. The first-order valence-corrected chi connectivity index (χ1v) is 14.5. The molecule has 208 valence electrons.